The number of ketones is 1. The first-order chi connectivity index (χ1) is 5.83. The van der Waals surface area contributed by atoms with Crippen LogP contribution in [0.25, 0.3) is 0 Å². The third-order valence-electron chi connectivity index (χ3n) is 2.58. The maximum Gasteiger partial charge on any atom is 0.146 e. The molecule has 0 amide bonds. The van der Waals surface area contributed by atoms with E-state index in [0.29, 0.717) is 6.42 Å². The van der Waals surface area contributed by atoms with Crippen LogP contribution in [0.4, 0.5) is 0 Å². The first-order valence-electron chi connectivity index (χ1n) is 4.71. The number of carbonyl (C=O) groups excluding carboxylic acids is 1. The molecule has 0 atom stereocenters. The van der Waals surface area contributed by atoms with Gasteiger partial charge >= 0.3 is 0 Å². The lowest BCUT2D eigenvalue weighted by atomic mass is 9.99. The highest BCUT2D eigenvalue weighted by molar-refractivity contribution is 5.80. The van der Waals surface area contributed by atoms with Crippen molar-refractivity contribution in [3.63, 3.8) is 0 Å². The zero-order valence-electron chi connectivity index (χ0n) is 7.38. The molecule has 0 aromatic rings. The molecule has 1 aliphatic carbocycles. The van der Waals surface area contributed by atoms with Crippen LogP contribution in [0.1, 0.15) is 44.9 Å². The van der Waals surface area contributed by atoms with E-state index < -0.39 is 0 Å². The van der Waals surface area contributed by atoms with Crippen molar-refractivity contribution in [3.8, 4) is 6.07 Å². The number of nitrogens with zero attached hydrogens (tertiary/aromatic N) is 1. The third kappa shape index (κ3) is 3.04. The molecule has 0 N–H and O–H groups in total. The Morgan fingerprint density at radius 2 is 2.08 bits per heavy atom. The largest absolute Gasteiger partial charge is 0.299 e. The number of hydrogen-bond acceptors (Lipinski definition) is 2. The van der Waals surface area contributed by atoms with Gasteiger partial charge in [0, 0.05) is 6.42 Å². The van der Waals surface area contributed by atoms with Gasteiger partial charge in [0.1, 0.15) is 5.78 Å². The molecule has 12 heavy (non-hydrogen) atoms. The molecule has 0 aliphatic heterocycles. The van der Waals surface area contributed by atoms with E-state index in [1.807, 2.05) is 6.07 Å². The van der Waals surface area contributed by atoms with Gasteiger partial charge in [-0.3, -0.25) is 4.79 Å². The van der Waals surface area contributed by atoms with Crippen molar-refractivity contribution in [3.05, 3.63) is 0 Å². The second-order valence-corrected chi connectivity index (χ2v) is 3.56. The minimum absolute atomic E-state index is 0.104. The first-order valence-corrected chi connectivity index (χ1v) is 4.71. The van der Waals surface area contributed by atoms with Crippen molar-refractivity contribution in [2.24, 2.45) is 5.92 Å². The highest BCUT2D eigenvalue weighted by Gasteiger charge is 2.15. The Labute approximate surface area is 73.6 Å². The van der Waals surface area contributed by atoms with E-state index in [1.54, 1.807) is 0 Å². The summed E-state index contributed by atoms with van der Waals surface area (Å²) in [5.41, 5.74) is 0. The molecule has 0 bridgehead atoms. The number of Topliss-reactive ketones (excluding diaryl/α,β-unsaturated/α-hetero) is 1. The quantitative estimate of drug-likeness (QED) is 0.642. The minimum Gasteiger partial charge on any atom is -0.299 e. The van der Waals surface area contributed by atoms with Crippen LogP contribution in [0, 0.1) is 17.2 Å². The monoisotopic (exact) mass is 165 g/mol. The van der Waals surface area contributed by atoms with E-state index in [0.717, 1.165) is 12.3 Å². The molecule has 1 fully saturated rings. The highest BCUT2D eigenvalue weighted by atomic mass is 16.1. The summed E-state index contributed by atoms with van der Waals surface area (Å²) in [7, 11) is 0. The fraction of sp³-hybridized carbons (Fsp3) is 0.800. The smallest absolute Gasteiger partial charge is 0.146 e. The van der Waals surface area contributed by atoms with Gasteiger partial charge < -0.3 is 0 Å². The molecule has 1 rings (SSSR count). The zero-order valence-corrected chi connectivity index (χ0v) is 7.38. The van der Waals surface area contributed by atoms with E-state index in [9.17, 15) is 4.79 Å². The van der Waals surface area contributed by atoms with Crippen LogP contribution in [0.3, 0.4) is 0 Å². The van der Waals surface area contributed by atoms with Gasteiger partial charge in [-0.1, -0.05) is 25.7 Å². The number of nitriles is 1. The predicted molar refractivity (Wildman–Crippen MR) is 46.4 cm³/mol. The van der Waals surface area contributed by atoms with E-state index in [1.165, 1.54) is 25.7 Å². The van der Waals surface area contributed by atoms with E-state index in [4.69, 9.17) is 5.26 Å². The van der Waals surface area contributed by atoms with Gasteiger partial charge in [0.15, 0.2) is 0 Å². The summed E-state index contributed by atoms with van der Waals surface area (Å²) in [6.45, 7) is 0. The van der Waals surface area contributed by atoms with Gasteiger partial charge in [0.25, 0.3) is 0 Å². The van der Waals surface area contributed by atoms with Crippen LogP contribution in [0.5, 0.6) is 0 Å². The Kier molecular flexibility index (Phi) is 3.79. The summed E-state index contributed by atoms with van der Waals surface area (Å²) in [6, 6.07) is 1.89. The van der Waals surface area contributed by atoms with Crippen molar-refractivity contribution in [2.75, 3.05) is 0 Å². The van der Waals surface area contributed by atoms with Crippen molar-refractivity contribution in [2.45, 2.75) is 44.9 Å². The fourth-order valence-electron chi connectivity index (χ4n) is 1.84. The second-order valence-electron chi connectivity index (χ2n) is 3.56. The van der Waals surface area contributed by atoms with Crippen LogP contribution in [-0.2, 0) is 4.79 Å². The molecule has 0 saturated heterocycles. The Morgan fingerprint density at radius 1 is 1.42 bits per heavy atom. The summed E-state index contributed by atoms with van der Waals surface area (Å²) in [6.07, 6.45) is 6.99. The molecule has 0 unspecified atom stereocenters. The summed E-state index contributed by atoms with van der Waals surface area (Å²) in [4.78, 5) is 11.0. The van der Waals surface area contributed by atoms with E-state index in [-0.39, 0.29) is 12.2 Å². The molecule has 2 nitrogen and oxygen atoms in total. The van der Waals surface area contributed by atoms with Crippen molar-refractivity contribution in [1.29, 1.82) is 5.26 Å². The predicted octanol–water partition coefficient (Wildman–Crippen LogP) is 2.44. The fourth-order valence-corrected chi connectivity index (χ4v) is 1.84. The number of carbonyl (C=O) groups is 1. The summed E-state index contributed by atoms with van der Waals surface area (Å²) in [5.74, 6) is 0.886. The third-order valence-corrected chi connectivity index (χ3v) is 2.58. The van der Waals surface area contributed by atoms with Gasteiger partial charge in [0.2, 0.25) is 0 Å². The van der Waals surface area contributed by atoms with Gasteiger partial charge in [-0.05, 0) is 12.3 Å². The second kappa shape index (κ2) is 4.92. The van der Waals surface area contributed by atoms with Gasteiger partial charge in [-0.15, -0.1) is 0 Å². The molecule has 66 valence electrons. The molecule has 0 radical (unpaired) electrons. The van der Waals surface area contributed by atoms with E-state index >= 15 is 0 Å². The van der Waals surface area contributed by atoms with Gasteiger partial charge in [0.05, 0.1) is 12.5 Å². The first kappa shape index (κ1) is 9.25. The standard InChI is InChI=1S/C10H15NO/c11-8-7-10(12)6-5-9-3-1-2-4-9/h9H,1-7H2. The summed E-state index contributed by atoms with van der Waals surface area (Å²) in [5, 5.41) is 8.26. The Balaban J connectivity index is 2.08. The van der Waals surface area contributed by atoms with E-state index in [2.05, 4.69) is 0 Å². The van der Waals surface area contributed by atoms with Crippen LogP contribution < -0.4 is 0 Å². The van der Waals surface area contributed by atoms with Crippen LogP contribution >= 0.6 is 0 Å². The highest BCUT2D eigenvalue weighted by Crippen LogP contribution is 2.28. The summed E-state index contributed by atoms with van der Waals surface area (Å²) < 4.78 is 0. The Hall–Kier alpha value is -0.840. The minimum atomic E-state index is 0.104. The maximum atomic E-state index is 11.0. The van der Waals surface area contributed by atoms with Gasteiger partial charge in [-0.25, -0.2) is 0 Å². The zero-order chi connectivity index (χ0) is 8.81. The average Bonchev–Trinajstić information content (AvgIpc) is 2.53. The number of rotatable bonds is 4. The van der Waals surface area contributed by atoms with Gasteiger partial charge in [-0.2, -0.15) is 5.26 Å². The normalized spacial score (nSPS) is 17.6. The Bertz CT molecular complexity index is 187. The topological polar surface area (TPSA) is 40.9 Å². The lowest BCUT2D eigenvalue weighted by Gasteiger charge is -2.05. The SMILES string of the molecule is N#CCC(=O)CCC1CCCC1. The van der Waals surface area contributed by atoms with Crippen LogP contribution in [0.2, 0.25) is 0 Å². The molecule has 0 aromatic carbocycles. The lowest BCUT2D eigenvalue weighted by molar-refractivity contribution is -0.118. The molecule has 0 heterocycles. The molecule has 1 saturated carbocycles. The Morgan fingerprint density at radius 3 is 2.67 bits per heavy atom. The van der Waals surface area contributed by atoms with Crippen molar-refractivity contribution < 1.29 is 4.79 Å². The van der Waals surface area contributed by atoms with Crippen LogP contribution in [0.15, 0.2) is 0 Å². The van der Waals surface area contributed by atoms with Crippen LogP contribution in [-0.4, -0.2) is 5.78 Å². The maximum absolute atomic E-state index is 11.0. The molecular weight excluding hydrogens is 150 g/mol. The average molecular weight is 165 g/mol. The summed E-state index contributed by atoms with van der Waals surface area (Å²) >= 11 is 0. The molecule has 2 heteroatoms. The van der Waals surface area contributed by atoms with Crippen molar-refractivity contribution in [1.82, 2.24) is 0 Å². The lowest BCUT2D eigenvalue weighted by Crippen LogP contribution is -2.00. The number of hydrogen-bond donors (Lipinski definition) is 0. The van der Waals surface area contributed by atoms with Crippen molar-refractivity contribution >= 4 is 5.78 Å². The molecular formula is C10H15NO. The molecule has 0 aromatic heterocycles. The molecule has 1 aliphatic rings. The molecule has 0 spiro atoms.